The molecule has 2 atom stereocenters. The number of aliphatic imine (C=N–C) groups is 1. The second kappa shape index (κ2) is 8.61. The largest absolute Gasteiger partial charge is 0.356 e. The molecule has 0 aliphatic heterocycles. The SMILES string of the molecule is CCCNC(=NC)NC1CC1c1ccc(C(C)C)cc1.I. The molecule has 4 heteroatoms. The fourth-order valence-electron chi connectivity index (χ4n) is 2.46. The molecule has 1 fully saturated rings. The van der Waals surface area contributed by atoms with E-state index >= 15 is 0 Å². The van der Waals surface area contributed by atoms with Crippen LogP contribution in [0.2, 0.25) is 0 Å². The average Bonchev–Trinajstić information content (AvgIpc) is 3.22. The number of hydrogen-bond acceptors (Lipinski definition) is 1. The second-order valence-corrected chi connectivity index (χ2v) is 5.91. The molecule has 2 rings (SSSR count). The third-order valence-electron chi connectivity index (χ3n) is 3.91. The minimum absolute atomic E-state index is 0. The van der Waals surface area contributed by atoms with E-state index in [1.165, 1.54) is 17.5 Å². The van der Waals surface area contributed by atoms with Crippen LogP contribution in [0.3, 0.4) is 0 Å². The van der Waals surface area contributed by atoms with Gasteiger partial charge in [-0.1, -0.05) is 45.0 Å². The second-order valence-electron chi connectivity index (χ2n) is 5.91. The Labute approximate surface area is 146 Å². The van der Waals surface area contributed by atoms with Gasteiger partial charge in [-0.3, -0.25) is 4.99 Å². The maximum Gasteiger partial charge on any atom is 0.191 e. The summed E-state index contributed by atoms with van der Waals surface area (Å²) in [6.45, 7) is 7.61. The van der Waals surface area contributed by atoms with Gasteiger partial charge in [-0.05, 0) is 29.9 Å². The Morgan fingerprint density at radius 2 is 1.95 bits per heavy atom. The zero-order chi connectivity index (χ0) is 14.5. The third kappa shape index (κ3) is 5.16. The first-order valence-corrected chi connectivity index (χ1v) is 7.72. The van der Waals surface area contributed by atoms with Gasteiger partial charge in [0, 0.05) is 25.6 Å². The van der Waals surface area contributed by atoms with Crippen LogP contribution >= 0.6 is 24.0 Å². The topological polar surface area (TPSA) is 36.4 Å². The number of guanidine groups is 1. The van der Waals surface area contributed by atoms with Gasteiger partial charge in [0.25, 0.3) is 0 Å². The fraction of sp³-hybridized carbons (Fsp3) is 0.588. The molecule has 1 saturated carbocycles. The summed E-state index contributed by atoms with van der Waals surface area (Å²) in [4.78, 5) is 4.27. The van der Waals surface area contributed by atoms with Crippen molar-refractivity contribution in [2.75, 3.05) is 13.6 Å². The lowest BCUT2D eigenvalue weighted by molar-refractivity contribution is 0.769. The van der Waals surface area contributed by atoms with Gasteiger partial charge >= 0.3 is 0 Å². The van der Waals surface area contributed by atoms with Crippen molar-refractivity contribution in [1.82, 2.24) is 10.6 Å². The zero-order valence-corrected chi connectivity index (χ0v) is 15.8. The predicted molar refractivity (Wildman–Crippen MR) is 102 cm³/mol. The Kier molecular flexibility index (Phi) is 7.49. The quantitative estimate of drug-likeness (QED) is 0.447. The summed E-state index contributed by atoms with van der Waals surface area (Å²) in [6, 6.07) is 9.62. The number of rotatable bonds is 5. The van der Waals surface area contributed by atoms with Crippen molar-refractivity contribution in [3.05, 3.63) is 35.4 Å². The molecule has 0 amide bonds. The summed E-state index contributed by atoms with van der Waals surface area (Å²) in [6.07, 6.45) is 2.32. The fourth-order valence-corrected chi connectivity index (χ4v) is 2.46. The van der Waals surface area contributed by atoms with E-state index in [0.29, 0.717) is 17.9 Å². The van der Waals surface area contributed by atoms with Crippen LogP contribution in [-0.4, -0.2) is 25.6 Å². The van der Waals surface area contributed by atoms with Gasteiger partial charge in [0.05, 0.1) is 0 Å². The van der Waals surface area contributed by atoms with E-state index < -0.39 is 0 Å². The molecular weight excluding hydrogens is 373 g/mol. The van der Waals surface area contributed by atoms with E-state index in [9.17, 15) is 0 Å². The van der Waals surface area contributed by atoms with Crippen molar-refractivity contribution < 1.29 is 0 Å². The van der Waals surface area contributed by atoms with E-state index in [2.05, 4.69) is 60.7 Å². The molecule has 0 radical (unpaired) electrons. The summed E-state index contributed by atoms with van der Waals surface area (Å²) >= 11 is 0. The number of hydrogen-bond donors (Lipinski definition) is 2. The average molecular weight is 401 g/mol. The van der Waals surface area contributed by atoms with E-state index in [1.54, 1.807) is 0 Å². The van der Waals surface area contributed by atoms with E-state index in [-0.39, 0.29) is 24.0 Å². The highest BCUT2D eigenvalue weighted by Gasteiger charge is 2.38. The first kappa shape index (κ1) is 18.3. The van der Waals surface area contributed by atoms with Crippen molar-refractivity contribution in [3.63, 3.8) is 0 Å². The van der Waals surface area contributed by atoms with Crippen LogP contribution in [0.1, 0.15) is 56.6 Å². The van der Waals surface area contributed by atoms with Crippen molar-refractivity contribution in [3.8, 4) is 0 Å². The summed E-state index contributed by atoms with van der Waals surface area (Å²) in [7, 11) is 1.83. The van der Waals surface area contributed by atoms with Gasteiger partial charge in [-0.2, -0.15) is 0 Å². The lowest BCUT2D eigenvalue weighted by Crippen LogP contribution is -2.39. The Hall–Kier alpha value is -0.780. The van der Waals surface area contributed by atoms with Crippen LogP contribution in [-0.2, 0) is 0 Å². The van der Waals surface area contributed by atoms with Gasteiger partial charge < -0.3 is 10.6 Å². The first-order chi connectivity index (χ1) is 9.65. The van der Waals surface area contributed by atoms with Crippen LogP contribution in [0, 0.1) is 0 Å². The molecule has 1 aliphatic carbocycles. The molecule has 118 valence electrons. The molecule has 21 heavy (non-hydrogen) atoms. The molecule has 1 aliphatic rings. The molecule has 3 nitrogen and oxygen atoms in total. The monoisotopic (exact) mass is 401 g/mol. The number of halogens is 1. The molecule has 2 unspecified atom stereocenters. The van der Waals surface area contributed by atoms with Crippen LogP contribution in [0.15, 0.2) is 29.3 Å². The number of benzene rings is 1. The Bertz CT molecular complexity index is 454. The van der Waals surface area contributed by atoms with Gasteiger partial charge in [0.1, 0.15) is 0 Å². The normalized spacial score (nSPS) is 20.9. The van der Waals surface area contributed by atoms with Crippen molar-refractivity contribution in [1.29, 1.82) is 0 Å². The predicted octanol–water partition coefficient (Wildman–Crippen LogP) is 3.86. The highest BCUT2D eigenvalue weighted by Crippen LogP contribution is 2.40. The van der Waals surface area contributed by atoms with Crippen LogP contribution in [0.4, 0.5) is 0 Å². The molecular formula is C17H28IN3. The van der Waals surface area contributed by atoms with Gasteiger partial charge in [0.2, 0.25) is 0 Å². The van der Waals surface area contributed by atoms with Gasteiger partial charge in [-0.25, -0.2) is 0 Å². The number of nitrogens with zero attached hydrogens (tertiary/aromatic N) is 1. The summed E-state index contributed by atoms with van der Waals surface area (Å²) in [5, 5.41) is 6.83. The number of nitrogens with one attached hydrogen (secondary N) is 2. The molecule has 2 N–H and O–H groups in total. The van der Waals surface area contributed by atoms with E-state index in [1.807, 2.05) is 7.05 Å². The first-order valence-electron chi connectivity index (χ1n) is 7.72. The minimum Gasteiger partial charge on any atom is -0.356 e. The maximum atomic E-state index is 4.27. The van der Waals surface area contributed by atoms with Crippen LogP contribution in [0.5, 0.6) is 0 Å². The van der Waals surface area contributed by atoms with Crippen molar-refractivity contribution in [2.45, 2.75) is 51.5 Å². The van der Waals surface area contributed by atoms with Crippen molar-refractivity contribution in [2.24, 2.45) is 4.99 Å². The highest BCUT2D eigenvalue weighted by atomic mass is 127. The molecule has 0 heterocycles. The summed E-state index contributed by atoms with van der Waals surface area (Å²) in [5.41, 5.74) is 2.86. The minimum atomic E-state index is 0. The van der Waals surface area contributed by atoms with Crippen LogP contribution < -0.4 is 10.6 Å². The van der Waals surface area contributed by atoms with E-state index in [0.717, 1.165) is 18.9 Å². The van der Waals surface area contributed by atoms with Crippen LogP contribution in [0.25, 0.3) is 0 Å². The lowest BCUT2D eigenvalue weighted by Gasteiger charge is -2.11. The molecule has 0 bridgehead atoms. The van der Waals surface area contributed by atoms with Gasteiger partial charge in [0.15, 0.2) is 5.96 Å². The Balaban J connectivity index is 0.00000220. The Morgan fingerprint density at radius 3 is 2.48 bits per heavy atom. The molecule has 0 aromatic heterocycles. The molecule has 0 spiro atoms. The Morgan fingerprint density at radius 1 is 1.29 bits per heavy atom. The van der Waals surface area contributed by atoms with E-state index in [4.69, 9.17) is 0 Å². The molecule has 0 saturated heterocycles. The summed E-state index contributed by atoms with van der Waals surface area (Å²) < 4.78 is 0. The standard InChI is InChI=1S/C17H27N3.HI/c1-5-10-19-17(18-4)20-16-11-15(16)14-8-6-13(7-9-14)12(2)3;/h6-9,12,15-16H,5,10-11H2,1-4H3,(H2,18,19,20);1H. The molecule has 1 aromatic carbocycles. The zero-order valence-electron chi connectivity index (χ0n) is 13.5. The maximum absolute atomic E-state index is 4.27. The lowest BCUT2D eigenvalue weighted by atomic mass is 10.0. The third-order valence-corrected chi connectivity index (χ3v) is 3.91. The smallest absolute Gasteiger partial charge is 0.191 e. The van der Waals surface area contributed by atoms with Gasteiger partial charge in [-0.15, -0.1) is 24.0 Å². The highest BCUT2D eigenvalue weighted by molar-refractivity contribution is 14.0. The van der Waals surface area contributed by atoms with Crippen molar-refractivity contribution >= 4 is 29.9 Å². The summed E-state index contributed by atoms with van der Waals surface area (Å²) in [5.74, 6) is 2.17. The molecule has 1 aromatic rings.